The predicted molar refractivity (Wildman–Crippen MR) is 248 cm³/mol. The summed E-state index contributed by atoms with van der Waals surface area (Å²) in [5.74, 6) is -0.467. The Hall–Kier alpha value is -0.610. The SMILES string of the molecule is CCNC(=O)Nc1ncnc2c1ncn2C(CC(CC)CCCc1ccccc1C(=O)O)O[C@H](O)/C=C/c1ccccc1.CS(I)(I)(I)(I)I. The van der Waals surface area contributed by atoms with Crippen LogP contribution in [0.25, 0.3) is 17.2 Å². The van der Waals surface area contributed by atoms with Crippen LogP contribution >= 0.6 is 100 Å². The smallest absolute Gasteiger partial charge is 0.335 e. The third kappa shape index (κ3) is 17.0. The van der Waals surface area contributed by atoms with Crippen LogP contribution in [0.5, 0.6) is 0 Å². The maximum Gasteiger partial charge on any atom is 0.335 e. The number of fused-ring (bicyclic) bond motifs is 1. The number of halogens is 5. The maximum absolute atomic E-state index is 12.2. The summed E-state index contributed by atoms with van der Waals surface area (Å²) < 4.78 is 6.32. The molecule has 0 aliphatic heterocycles. The van der Waals surface area contributed by atoms with Crippen LogP contribution in [0.3, 0.4) is 0 Å². The Bertz CT molecular complexity index is 1750. The minimum Gasteiger partial charge on any atom is -0.478 e. The number of hydrogen-bond acceptors (Lipinski definition) is 7. The number of rotatable bonds is 15. The molecule has 0 aliphatic carbocycles. The second-order valence-corrected chi connectivity index (χ2v) is 104. The Labute approximate surface area is 352 Å². The van der Waals surface area contributed by atoms with Crippen molar-refractivity contribution in [3.05, 3.63) is 90.0 Å². The van der Waals surface area contributed by atoms with Crippen LogP contribution < -0.4 is 10.6 Å². The van der Waals surface area contributed by atoms with Crippen LogP contribution in [0, 0.1) is 5.92 Å². The first kappa shape index (κ1) is 43.8. The number of anilines is 1. The van der Waals surface area contributed by atoms with Crippen LogP contribution in [0.4, 0.5) is 10.6 Å². The highest BCUT2D eigenvalue weighted by atomic mass is 127. The van der Waals surface area contributed by atoms with Gasteiger partial charge in [-0.3, -0.25) is 9.88 Å². The molecule has 2 amide bonds. The molecule has 274 valence electrons. The average molecular weight is 1270 g/mol. The van der Waals surface area contributed by atoms with Crippen molar-refractivity contribution in [3.63, 3.8) is 0 Å². The van der Waals surface area contributed by atoms with Gasteiger partial charge in [0, 0.05) is 6.54 Å². The molecule has 2 heterocycles. The quantitative estimate of drug-likeness (QED) is 0.0679. The Balaban J connectivity index is 0.000000872. The highest BCUT2D eigenvalue weighted by molar-refractivity contribution is 14.7. The summed E-state index contributed by atoms with van der Waals surface area (Å²) in [6, 6.07) is 16.3. The normalized spacial score (nSPS) is 14.9. The van der Waals surface area contributed by atoms with Crippen molar-refractivity contribution < 1.29 is 24.5 Å². The summed E-state index contributed by atoms with van der Waals surface area (Å²) in [6.45, 7) is 4.37. The number of benzene rings is 2. The van der Waals surface area contributed by atoms with Gasteiger partial charge in [-0.05, 0) is 174 Å². The van der Waals surface area contributed by atoms with Gasteiger partial charge in [-0.1, -0.05) is 62.1 Å². The molecule has 0 saturated heterocycles. The lowest BCUT2D eigenvalue weighted by molar-refractivity contribution is -0.138. The molecule has 2 aromatic carbocycles. The summed E-state index contributed by atoms with van der Waals surface area (Å²) >= 11 is 12.6. The van der Waals surface area contributed by atoms with Gasteiger partial charge < -0.3 is 20.3 Å². The van der Waals surface area contributed by atoms with Crippen LogP contribution in [0.15, 0.2) is 73.3 Å². The fraction of sp³-hybridized carbons (Fsp3) is 0.364. The number of carbonyl (C=O) groups is 2. The van der Waals surface area contributed by atoms with Gasteiger partial charge in [0.05, 0.1) is 11.9 Å². The zero-order valence-electron chi connectivity index (χ0n) is 27.7. The van der Waals surface area contributed by atoms with E-state index >= 15 is 0 Å². The van der Waals surface area contributed by atoms with Gasteiger partial charge in [-0.25, -0.2) is 24.5 Å². The average Bonchev–Trinajstić information content (AvgIpc) is 3.47. The third-order valence-electron chi connectivity index (χ3n) is 7.21. The molecule has 0 spiro atoms. The lowest BCUT2D eigenvalue weighted by Crippen LogP contribution is -2.28. The van der Waals surface area contributed by atoms with Crippen molar-refractivity contribution in [2.45, 2.75) is 58.5 Å². The van der Waals surface area contributed by atoms with E-state index in [1.807, 2.05) is 49.4 Å². The second-order valence-electron chi connectivity index (χ2n) is 11.5. The van der Waals surface area contributed by atoms with E-state index in [1.54, 1.807) is 35.2 Å². The molecule has 4 N–H and O–H groups in total. The first-order valence-corrected chi connectivity index (χ1v) is 31.2. The van der Waals surface area contributed by atoms with E-state index in [0.717, 1.165) is 30.4 Å². The van der Waals surface area contributed by atoms with Crippen LogP contribution in [-0.4, -0.2) is 60.8 Å². The van der Waals surface area contributed by atoms with Crippen molar-refractivity contribution in [1.29, 1.82) is 0 Å². The largest absolute Gasteiger partial charge is 0.478 e. The first-order valence-electron chi connectivity index (χ1n) is 15.7. The molecule has 0 radical (unpaired) electrons. The number of carboxylic acids is 1. The highest BCUT2D eigenvalue weighted by Crippen LogP contribution is 3.15. The number of carbonyl (C=O) groups excluding carboxylic acids is 1. The number of aliphatic hydroxyl groups is 1. The van der Waals surface area contributed by atoms with E-state index in [0.29, 0.717) is 36.1 Å². The summed E-state index contributed by atoms with van der Waals surface area (Å²) in [4.78, 5) is 36.9. The fourth-order valence-corrected chi connectivity index (χ4v) is 4.97. The molecular formula is C33H41I5N6O5S. The Morgan fingerprint density at radius 2 is 1.66 bits per heavy atom. The zero-order valence-corrected chi connectivity index (χ0v) is 39.3. The number of nitrogens with one attached hydrogen (secondary N) is 2. The molecule has 11 nitrogen and oxygen atoms in total. The zero-order chi connectivity index (χ0) is 37.0. The standard InChI is InChI=1S/C32H38N6O5.CH3I5S/c1-3-22(13-10-15-24-14-8-9-16-25(24)31(40)41)19-26(43-27(39)18-17-23-11-6-5-7-12-23)38-21-36-28-29(34-20-35-30(28)38)37-32(42)33-4-2;1-7(2,3,4,5)6/h5-9,11-12,14,16-18,20-22,26-27,39H,3-4,10,13,15,19H2,1-2H3,(H,40,41)(H2,33,34,35,37,42);1H3/b18-17+;/t22?,26?,27-;/m0./s1. The summed E-state index contributed by atoms with van der Waals surface area (Å²) in [6.07, 6.45) is 10.4. The molecule has 2 unspecified atom stereocenters. The third-order valence-corrected chi connectivity index (χ3v) is 7.21. The fourth-order valence-electron chi connectivity index (χ4n) is 4.97. The van der Waals surface area contributed by atoms with E-state index in [9.17, 15) is 19.8 Å². The molecule has 0 saturated carbocycles. The number of ether oxygens (including phenoxy) is 1. The number of aliphatic hydroxyl groups excluding tert-OH is 1. The molecule has 3 atom stereocenters. The minimum absolute atomic E-state index is 0.194. The van der Waals surface area contributed by atoms with E-state index < -0.39 is 18.7 Å². The number of imidazole rings is 1. The number of amides is 2. The maximum atomic E-state index is 12.2. The number of aromatic nitrogens is 4. The van der Waals surface area contributed by atoms with Gasteiger partial charge in [-0.2, -0.15) is 0 Å². The van der Waals surface area contributed by atoms with Gasteiger partial charge in [0.2, 0.25) is 0 Å². The van der Waals surface area contributed by atoms with Crippen molar-refractivity contribution >= 4 is 135 Å². The van der Waals surface area contributed by atoms with Crippen LogP contribution in [-0.2, 0) is 11.2 Å². The van der Waals surface area contributed by atoms with Gasteiger partial charge in [0.25, 0.3) is 0 Å². The summed E-state index contributed by atoms with van der Waals surface area (Å²) in [5.41, 5.74) is 2.91. The second kappa shape index (κ2) is 19.1. The van der Waals surface area contributed by atoms with Gasteiger partial charge >= 0.3 is 12.0 Å². The molecule has 17 heteroatoms. The molecule has 4 rings (SSSR count). The van der Waals surface area contributed by atoms with E-state index in [2.05, 4.69) is 145 Å². The van der Waals surface area contributed by atoms with Crippen molar-refractivity contribution in [2.75, 3.05) is 18.1 Å². The molecule has 4 aromatic rings. The monoisotopic (exact) mass is 1270 g/mol. The number of hydrogen-bond donors (Lipinski definition) is 4. The molecule has 0 fully saturated rings. The minimum atomic E-state index is -1.62. The van der Waals surface area contributed by atoms with E-state index in [1.165, 1.54) is 6.33 Å². The van der Waals surface area contributed by atoms with Crippen LogP contribution in [0.2, 0.25) is 0 Å². The Kier molecular flexibility index (Phi) is 16.7. The number of nitrogens with zero attached hydrogens (tertiary/aromatic N) is 4. The van der Waals surface area contributed by atoms with Gasteiger partial charge in [0.15, 0.2) is 23.3 Å². The predicted octanol–water partition coefficient (Wildman–Crippen LogP) is 10.9. The molecular weight excluding hydrogens is 1230 g/mol. The Morgan fingerprint density at radius 1 is 1.00 bits per heavy atom. The van der Waals surface area contributed by atoms with Gasteiger partial charge in [0.1, 0.15) is 12.6 Å². The highest BCUT2D eigenvalue weighted by Gasteiger charge is 2.42. The number of aryl methyl sites for hydroxylation is 1. The first-order chi connectivity index (χ1) is 23.3. The summed E-state index contributed by atoms with van der Waals surface area (Å²) in [7, 11) is 0. The van der Waals surface area contributed by atoms with Gasteiger partial charge in [-0.15, -0.1) is 0 Å². The molecule has 0 aliphatic rings. The molecule has 2 aromatic heterocycles. The lowest BCUT2D eigenvalue weighted by Gasteiger charge is -2.48. The van der Waals surface area contributed by atoms with Crippen molar-refractivity contribution in [1.82, 2.24) is 24.8 Å². The van der Waals surface area contributed by atoms with E-state index in [-0.39, 0.29) is 11.7 Å². The van der Waals surface area contributed by atoms with Crippen molar-refractivity contribution in [2.24, 2.45) is 5.92 Å². The molecule has 50 heavy (non-hydrogen) atoms. The van der Waals surface area contributed by atoms with Crippen molar-refractivity contribution in [3.8, 4) is 0 Å². The summed E-state index contributed by atoms with van der Waals surface area (Å²) in [5, 5.41) is 25.8. The number of carboxylic acid groups (broad SMARTS) is 1. The topological polar surface area (TPSA) is 151 Å². The number of urea groups is 1. The van der Waals surface area contributed by atoms with Crippen LogP contribution in [0.1, 0.15) is 67.2 Å². The Morgan fingerprint density at radius 3 is 2.30 bits per heavy atom. The number of aromatic carboxylic acids is 1. The molecule has 0 bridgehead atoms. The lowest BCUT2D eigenvalue weighted by atomic mass is 9.92. The van der Waals surface area contributed by atoms with E-state index in [4.69, 9.17) is 4.74 Å².